The van der Waals surface area contributed by atoms with Crippen molar-refractivity contribution >= 4 is 21.4 Å². The van der Waals surface area contributed by atoms with E-state index < -0.39 is 20.5 Å². The second-order valence-electron chi connectivity index (χ2n) is 7.32. The second-order valence-corrected chi connectivity index (χ2v) is 9.65. The smallest absolute Gasteiger partial charge is 0.245 e. The molecule has 1 N–H and O–H groups in total. The van der Waals surface area contributed by atoms with Crippen molar-refractivity contribution in [2.45, 2.75) is 44.0 Å². The molecule has 3 rings (SSSR count). The Morgan fingerprint density at radius 2 is 1.89 bits per heavy atom. The van der Waals surface area contributed by atoms with Crippen LogP contribution in [0, 0.1) is 12.7 Å². The molecule has 0 aromatic heterocycles. The molecule has 0 aliphatic heterocycles. The van der Waals surface area contributed by atoms with Crippen LogP contribution in [-0.4, -0.2) is 25.3 Å². The third-order valence-corrected chi connectivity index (χ3v) is 7.29. The molecule has 1 fully saturated rings. The van der Waals surface area contributed by atoms with E-state index in [-0.39, 0.29) is 12.4 Å². The molecule has 150 valence electrons. The predicted octanol–water partition coefficient (Wildman–Crippen LogP) is 4.01. The second kappa shape index (κ2) is 7.91. The van der Waals surface area contributed by atoms with Gasteiger partial charge in [0, 0.05) is 11.9 Å². The molecule has 0 unspecified atom stereocenters. The summed E-state index contributed by atoms with van der Waals surface area (Å²) in [5, 5.41) is 2.78. The summed E-state index contributed by atoms with van der Waals surface area (Å²) >= 11 is 0. The number of ether oxygens (including phenoxy) is 1. The van der Waals surface area contributed by atoms with Crippen LogP contribution in [0.25, 0.3) is 0 Å². The highest BCUT2D eigenvalue weighted by Gasteiger charge is 2.50. The Hall–Kier alpha value is -2.41. The van der Waals surface area contributed by atoms with Gasteiger partial charge >= 0.3 is 0 Å². The molecule has 7 heteroatoms. The van der Waals surface area contributed by atoms with Crippen molar-refractivity contribution in [2.24, 2.45) is 0 Å². The summed E-state index contributed by atoms with van der Waals surface area (Å²) < 4.78 is 42.1. The molecule has 1 amide bonds. The summed E-state index contributed by atoms with van der Waals surface area (Å²) in [7, 11) is -3.51. The van der Waals surface area contributed by atoms with E-state index in [9.17, 15) is 17.6 Å². The maximum absolute atomic E-state index is 13.2. The Labute approximate surface area is 164 Å². The number of sulfone groups is 1. The summed E-state index contributed by atoms with van der Waals surface area (Å²) in [5.74, 6) is -0.204. The number of carbonyl (C=O) groups excluding carboxylic acids is 1. The highest BCUT2D eigenvalue weighted by atomic mass is 32.2. The molecule has 0 bridgehead atoms. The molecule has 0 saturated heterocycles. The fourth-order valence-corrected chi connectivity index (χ4v) is 5.03. The number of hydrogen-bond acceptors (Lipinski definition) is 4. The summed E-state index contributed by atoms with van der Waals surface area (Å²) in [6, 6.07) is 11.3. The van der Waals surface area contributed by atoms with Crippen LogP contribution in [0.1, 0.15) is 36.8 Å². The molecular weight excluding hydrogens is 381 g/mol. The highest BCUT2D eigenvalue weighted by molar-refractivity contribution is 7.92. The van der Waals surface area contributed by atoms with E-state index in [1.807, 2.05) is 6.92 Å². The number of aryl methyl sites for hydroxylation is 1. The molecule has 0 atom stereocenters. The first kappa shape index (κ1) is 20.3. The number of halogens is 1. The SMILES string of the molecule is Cc1cc(OCc2cccc(F)c2)ccc1NC(=O)C1(S(C)(=O)=O)CCCC1. The Bertz CT molecular complexity index is 982. The van der Waals surface area contributed by atoms with Crippen LogP contribution in [0.4, 0.5) is 10.1 Å². The lowest BCUT2D eigenvalue weighted by Crippen LogP contribution is -2.47. The molecule has 28 heavy (non-hydrogen) atoms. The van der Waals surface area contributed by atoms with E-state index in [1.165, 1.54) is 12.1 Å². The minimum absolute atomic E-state index is 0.222. The van der Waals surface area contributed by atoms with Gasteiger partial charge < -0.3 is 10.1 Å². The van der Waals surface area contributed by atoms with Crippen molar-refractivity contribution in [1.82, 2.24) is 0 Å². The van der Waals surface area contributed by atoms with E-state index in [2.05, 4.69) is 5.32 Å². The number of nitrogens with one attached hydrogen (secondary N) is 1. The van der Waals surface area contributed by atoms with Crippen LogP contribution < -0.4 is 10.1 Å². The fraction of sp³-hybridized carbons (Fsp3) is 0.381. The zero-order valence-corrected chi connectivity index (χ0v) is 16.8. The average Bonchev–Trinajstić information content (AvgIpc) is 3.13. The first-order valence-electron chi connectivity index (χ1n) is 9.20. The van der Waals surface area contributed by atoms with Gasteiger partial charge in [-0.05, 0) is 61.2 Å². The highest BCUT2D eigenvalue weighted by Crippen LogP contribution is 2.38. The maximum Gasteiger partial charge on any atom is 0.245 e. The van der Waals surface area contributed by atoms with Crippen LogP contribution in [-0.2, 0) is 21.2 Å². The molecule has 0 heterocycles. The first-order valence-corrected chi connectivity index (χ1v) is 11.1. The van der Waals surface area contributed by atoms with E-state index in [0.29, 0.717) is 29.8 Å². The normalized spacial score (nSPS) is 16.0. The Balaban J connectivity index is 1.71. The third-order valence-electron chi connectivity index (χ3n) is 5.28. The molecule has 5 nitrogen and oxygen atoms in total. The van der Waals surface area contributed by atoms with Crippen molar-refractivity contribution in [3.8, 4) is 5.75 Å². The fourth-order valence-electron chi connectivity index (χ4n) is 3.61. The van der Waals surface area contributed by atoms with Gasteiger partial charge in [-0.3, -0.25) is 4.79 Å². The van der Waals surface area contributed by atoms with Crippen LogP contribution in [0.2, 0.25) is 0 Å². The van der Waals surface area contributed by atoms with Crippen LogP contribution in [0.15, 0.2) is 42.5 Å². The van der Waals surface area contributed by atoms with Gasteiger partial charge in [0.2, 0.25) is 5.91 Å². The largest absolute Gasteiger partial charge is 0.489 e. The number of anilines is 1. The molecule has 2 aromatic rings. The minimum Gasteiger partial charge on any atom is -0.489 e. The lowest BCUT2D eigenvalue weighted by Gasteiger charge is -2.26. The molecule has 2 aromatic carbocycles. The van der Waals surface area contributed by atoms with Gasteiger partial charge in [0.25, 0.3) is 0 Å². The first-order chi connectivity index (χ1) is 13.2. The van der Waals surface area contributed by atoms with Crippen LogP contribution >= 0.6 is 0 Å². The Morgan fingerprint density at radius 1 is 1.18 bits per heavy atom. The number of amides is 1. The van der Waals surface area contributed by atoms with Crippen molar-refractivity contribution in [2.75, 3.05) is 11.6 Å². The van der Waals surface area contributed by atoms with Crippen molar-refractivity contribution in [3.63, 3.8) is 0 Å². The predicted molar refractivity (Wildman–Crippen MR) is 107 cm³/mol. The van der Waals surface area contributed by atoms with E-state index in [0.717, 1.165) is 24.7 Å². The number of carbonyl (C=O) groups is 1. The van der Waals surface area contributed by atoms with Gasteiger partial charge in [-0.25, -0.2) is 12.8 Å². The molecule has 1 aliphatic carbocycles. The summed E-state index contributed by atoms with van der Waals surface area (Å²) in [4.78, 5) is 12.8. The van der Waals surface area contributed by atoms with E-state index >= 15 is 0 Å². The molecule has 0 spiro atoms. The molecule has 0 radical (unpaired) electrons. The van der Waals surface area contributed by atoms with Crippen molar-refractivity contribution in [3.05, 3.63) is 59.4 Å². The Kier molecular flexibility index (Phi) is 5.74. The van der Waals surface area contributed by atoms with Crippen molar-refractivity contribution < 1.29 is 22.3 Å². The van der Waals surface area contributed by atoms with Gasteiger partial charge in [-0.15, -0.1) is 0 Å². The van der Waals surface area contributed by atoms with Gasteiger partial charge in [0.1, 0.15) is 18.2 Å². The minimum atomic E-state index is -3.51. The van der Waals surface area contributed by atoms with Gasteiger partial charge in [0.15, 0.2) is 14.6 Å². The summed E-state index contributed by atoms with van der Waals surface area (Å²) in [6.07, 6.45) is 3.30. The zero-order chi connectivity index (χ0) is 20.4. The topological polar surface area (TPSA) is 72.5 Å². The van der Waals surface area contributed by atoms with Crippen LogP contribution in [0.5, 0.6) is 5.75 Å². The lowest BCUT2D eigenvalue weighted by molar-refractivity contribution is -0.118. The lowest BCUT2D eigenvalue weighted by atomic mass is 10.1. The van der Waals surface area contributed by atoms with E-state index in [1.54, 1.807) is 30.3 Å². The van der Waals surface area contributed by atoms with Crippen molar-refractivity contribution in [1.29, 1.82) is 0 Å². The monoisotopic (exact) mass is 405 g/mol. The quantitative estimate of drug-likeness (QED) is 0.788. The summed E-state index contributed by atoms with van der Waals surface area (Å²) in [6.45, 7) is 2.03. The van der Waals surface area contributed by atoms with Gasteiger partial charge in [-0.1, -0.05) is 25.0 Å². The maximum atomic E-state index is 13.2. The van der Waals surface area contributed by atoms with Crippen LogP contribution in [0.3, 0.4) is 0 Å². The zero-order valence-electron chi connectivity index (χ0n) is 16.0. The number of rotatable bonds is 6. The average molecular weight is 405 g/mol. The molecule has 1 aliphatic rings. The van der Waals surface area contributed by atoms with Gasteiger partial charge in [-0.2, -0.15) is 0 Å². The number of hydrogen-bond donors (Lipinski definition) is 1. The number of benzene rings is 2. The molecule has 1 saturated carbocycles. The van der Waals surface area contributed by atoms with E-state index in [4.69, 9.17) is 4.74 Å². The molecular formula is C21H24FNO4S. The van der Waals surface area contributed by atoms with Gasteiger partial charge in [0.05, 0.1) is 0 Å². The third kappa shape index (κ3) is 4.19. The standard InChI is InChI=1S/C21H24FNO4S/c1-15-12-18(27-14-16-6-5-7-17(22)13-16)8-9-19(15)23-20(24)21(28(2,25)26)10-3-4-11-21/h5-9,12-13H,3-4,10-11,14H2,1-2H3,(H,23,24). The Morgan fingerprint density at radius 3 is 2.50 bits per heavy atom. The summed E-state index contributed by atoms with van der Waals surface area (Å²) in [5.41, 5.74) is 2.02.